The van der Waals surface area contributed by atoms with Crippen LogP contribution in [0.1, 0.15) is 38.8 Å². The lowest BCUT2D eigenvalue weighted by Gasteiger charge is -2.33. The summed E-state index contributed by atoms with van der Waals surface area (Å²) >= 11 is 1.82. The largest absolute Gasteiger partial charge is 0.329 e. The van der Waals surface area contributed by atoms with Crippen molar-refractivity contribution in [1.29, 1.82) is 0 Å². The molecule has 1 heterocycles. The first-order valence-corrected chi connectivity index (χ1v) is 8.30. The van der Waals surface area contributed by atoms with Crippen LogP contribution in [0, 0.1) is 5.92 Å². The highest BCUT2D eigenvalue weighted by Crippen LogP contribution is 2.33. The Balaban J connectivity index is 2.27. The van der Waals surface area contributed by atoms with Gasteiger partial charge in [0.05, 0.1) is 0 Å². The highest BCUT2D eigenvalue weighted by molar-refractivity contribution is 7.17. The molecule has 2 rings (SSSR count). The molecule has 0 aliphatic heterocycles. The third-order valence-electron chi connectivity index (χ3n) is 4.09. The fourth-order valence-corrected chi connectivity index (χ4v) is 3.93. The lowest BCUT2D eigenvalue weighted by Crippen LogP contribution is -2.37. The quantitative estimate of drug-likeness (QED) is 0.861. The molecule has 0 aliphatic rings. The standard InChI is InChI=1S/C17H26N2S/c1-12(2)9-13(3)19(4)16(10-18)15-11-20-17-8-6-5-7-14(15)17/h5-8,11-13,16H,9-10,18H2,1-4H3. The van der Waals surface area contributed by atoms with Crippen LogP contribution in [0.3, 0.4) is 0 Å². The minimum Gasteiger partial charge on any atom is -0.329 e. The molecule has 0 radical (unpaired) electrons. The van der Waals surface area contributed by atoms with Crippen molar-refractivity contribution in [1.82, 2.24) is 4.90 Å². The summed E-state index contributed by atoms with van der Waals surface area (Å²) in [5.74, 6) is 0.713. The van der Waals surface area contributed by atoms with Crippen LogP contribution in [0.15, 0.2) is 29.6 Å². The number of hydrogen-bond acceptors (Lipinski definition) is 3. The van der Waals surface area contributed by atoms with E-state index in [-0.39, 0.29) is 0 Å². The second-order valence-electron chi connectivity index (χ2n) is 6.08. The highest BCUT2D eigenvalue weighted by Gasteiger charge is 2.23. The molecule has 3 heteroatoms. The van der Waals surface area contributed by atoms with Gasteiger partial charge in [0.1, 0.15) is 0 Å². The molecule has 2 aromatic rings. The average Bonchev–Trinajstić information content (AvgIpc) is 2.83. The van der Waals surface area contributed by atoms with Crippen LogP contribution >= 0.6 is 11.3 Å². The van der Waals surface area contributed by atoms with Crippen LogP contribution in [0.5, 0.6) is 0 Å². The number of thiophene rings is 1. The topological polar surface area (TPSA) is 29.3 Å². The Labute approximate surface area is 126 Å². The van der Waals surface area contributed by atoms with E-state index in [9.17, 15) is 0 Å². The van der Waals surface area contributed by atoms with Crippen molar-refractivity contribution in [3.05, 3.63) is 35.2 Å². The van der Waals surface area contributed by atoms with Crippen molar-refractivity contribution in [3.8, 4) is 0 Å². The maximum atomic E-state index is 6.09. The first-order valence-electron chi connectivity index (χ1n) is 7.42. The molecule has 2 nitrogen and oxygen atoms in total. The number of hydrogen-bond donors (Lipinski definition) is 1. The van der Waals surface area contributed by atoms with Crippen LogP contribution in [0.2, 0.25) is 0 Å². The predicted octanol–water partition coefficient (Wildman–Crippen LogP) is 4.27. The Morgan fingerprint density at radius 1 is 1.20 bits per heavy atom. The zero-order chi connectivity index (χ0) is 14.7. The summed E-state index contributed by atoms with van der Waals surface area (Å²) in [6.07, 6.45) is 1.20. The van der Waals surface area contributed by atoms with Crippen molar-refractivity contribution < 1.29 is 0 Å². The van der Waals surface area contributed by atoms with Gasteiger partial charge >= 0.3 is 0 Å². The van der Waals surface area contributed by atoms with Crippen LogP contribution in [0.25, 0.3) is 10.1 Å². The van der Waals surface area contributed by atoms with Gasteiger partial charge in [0.15, 0.2) is 0 Å². The number of nitrogens with zero attached hydrogens (tertiary/aromatic N) is 1. The number of likely N-dealkylation sites (N-methyl/N-ethyl adjacent to an activating group) is 1. The number of benzene rings is 1. The van der Waals surface area contributed by atoms with Crippen LogP contribution in [-0.4, -0.2) is 24.5 Å². The van der Waals surface area contributed by atoms with E-state index in [1.54, 1.807) is 0 Å². The normalized spacial score (nSPS) is 15.2. The third kappa shape index (κ3) is 3.22. The van der Waals surface area contributed by atoms with E-state index in [0.717, 1.165) is 0 Å². The Hall–Kier alpha value is -0.900. The Morgan fingerprint density at radius 3 is 2.55 bits per heavy atom. The number of nitrogens with two attached hydrogens (primary N) is 1. The summed E-state index contributed by atoms with van der Waals surface area (Å²) in [6.45, 7) is 7.53. The van der Waals surface area contributed by atoms with Gasteiger partial charge in [0.25, 0.3) is 0 Å². The average molecular weight is 290 g/mol. The molecule has 1 aromatic carbocycles. The second kappa shape index (κ2) is 6.70. The van der Waals surface area contributed by atoms with E-state index in [4.69, 9.17) is 5.73 Å². The molecule has 0 amide bonds. The van der Waals surface area contributed by atoms with Crippen molar-refractivity contribution in [3.63, 3.8) is 0 Å². The zero-order valence-electron chi connectivity index (χ0n) is 13.0. The SMILES string of the molecule is CC(C)CC(C)N(C)C(CN)c1csc2ccccc12. The van der Waals surface area contributed by atoms with Crippen molar-refractivity contribution in [2.24, 2.45) is 11.7 Å². The lowest BCUT2D eigenvalue weighted by atomic mass is 9.99. The first kappa shape index (κ1) is 15.5. The number of fused-ring (bicyclic) bond motifs is 1. The predicted molar refractivity (Wildman–Crippen MR) is 90.3 cm³/mol. The molecule has 0 aliphatic carbocycles. The summed E-state index contributed by atoms with van der Waals surface area (Å²) in [5, 5.41) is 3.64. The molecular formula is C17H26N2S. The maximum absolute atomic E-state index is 6.09. The second-order valence-corrected chi connectivity index (χ2v) is 6.99. The van der Waals surface area contributed by atoms with E-state index in [0.29, 0.717) is 24.5 Å². The molecule has 1 aromatic heterocycles. The van der Waals surface area contributed by atoms with Crippen molar-refractivity contribution in [2.45, 2.75) is 39.3 Å². The van der Waals surface area contributed by atoms with Gasteiger partial charge < -0.3 is 5.73 Å². The Kier molecular flexibility index (Phi) is 5.19. The van der Waals surface area contributed by atoms with Gasteiger partial charge in [-0.3, -0.25) is 4.90 Å². The third-order valence-corrected chi connectivity index (χ3v) is 5.07. The minimum absolute atomic E-state index is 0.305. The summed E-state index contributed by atoms with van der Waals surface area (Å²) in [5.41, 5.74) is 7.47. The van der Waals surface area contributed by atoms with Crippen molar-refractivity contribution in [2.75, 3.05) is 13.6 Å². The molecular weight excluding hydrogens is 264 g/mol. The summed E-state index contributed by atoms with van der Waals surface area (Å²) < 4.78 is 1.35. The van der Waals surface area contributed by atoms with E-state index in [1.165, 1.54) is 22.1 Å². The molecule has 2 unspecified atom stereocenters. The monoisotopic (exact) mass is 290 g/mol. The molecule has 110 valence electrons. The molecule has 0 saturated carbocycles. The fourth-order valence-electron chi connectivity index (χ4n) is 2.92. The zero-order valence-corrected chi connectivity index (χ0v) is 13.8. The molecule has 2 N–H and O–H groups in total. The molecule has 0 spiro atoms. The van der Waals surface area contributed by atoms with E-state index in [2.05, 4.69) is 62.4 Å². The molecule has 0 fully saturated rings. The van der Waals surface area contributed by atoms with Gasteiger partial charge in [-0.05, 0) is 48.7 Å². The highest BCUT2D eigenvalue weighted by atomic mass is 32.1. The first-order chi connectivity index (χ1) is 9.54. The number of rotatable bonds is 6. The van der Waals surface area contributed by atoms with Crippen LogP contribution in [0.4, 0.5) is 0 Å². The smallest absolute Gasteiger partial charge is 0.0484 e. The lowest BCUT2D eigenvalue weighted by molar-refractivity contribution is 0.170. The van der Waals surface area contributed by atoms with Gasteiger partial charge in [0.2, 0.25) is 0 Å². The van der Waals surface area contributed by atoms with E-state index in [1.807, 2.05) is 11.3 Å². The Morgan fingerprint density at radius 2 is 1.90 bits per heavy atom. The van der Waals surface area contributed by atoms with Gasteiger partial charge in [-0.2, -0.15) is 0 Å². The summed E-state index contributed by atoms with van der Waals surface area (Å²) in [7, 11) is 2.21. The summed E-state index contributed by atoms with van der Waals surface area (Å²) in [4.78, 5) is 2.44. The van der Waals surface area contributed by atoms with Gasteiger partial charge in [-0.15, -0.1) is 11.3 Å². The van der Waals surface area contributed by atoms with Crippen molar-refractivity contribution >= 4 is 21.4 Å². The maximum Gasteiger partial charge on any atom is 0.0484 e. The van der Waals surface area contributed by atoms with Crippen LogP contribution < -0.4 is 5.73 Å². The molecule has 20 heavy (non-hydrogen) atoms. The Bertz CT molecular complexity index is 547. The van der Waals surface area contributed by atoms with Gasteiger partial charge in [0, 0.05) is 23.3 Å². The molecule has 0 bridgehead atoms. The van der Waals surface area contributed by atoms with E-state index >= 15 is 0 Å². The summed E-state index contributed by atoms with van der Waals surface area (Å²) in [6, 6.07) is 9.47. The van der Waals surface area contributed by atoms with Gasteiger partial charge in [-0.1, -0.05) is 32.0 Å². The fraction of sp³-hybridized carbons (Fsp3) is 0.529. The van der Waals surface area contributed by atoms with E-state index < -0.39 is 0 Å². The minimum atomic E-state index is 0.305. The van der Waals surface area contributed by atoms with Crippen LogP contribution in [-0.2, 0) is 0 Å². The molecule has 2 atom stereocenters. The molecule has 0 saturated heterocycles. The van der Waals surface area contributed by atoms with Gasteiger partial charge in [-0.25, -0.2) is 0 Å².